The van der Waals surface area contributed by atoms with Crippen LogP contribution in [0.4, 0.5) is 11.4 Å². The Bertz CT molecular complexity index is 884. The number of benzene rings is 2. The molecule has 0 unspecified atom stereocenters. The molecule has 0 spiro atoms. The topological polar surface area (TPSA) is 81.4 Å². The van der Waals surface area contributed by atoms with Crippen LogP contribution in [0, 0.1) is 0 Å². The van der Waals surface area contributed by atoms with Crippen LogP contribution in [0.1, 0.15) is 51.3 Å². The van der Waals surface area contributed by atoms with Crippen LogP contribution >= 0.6 is 0 Å². The second-order valence-electron chi connectivity index (χ2n) is 6.38. The number of anilines is 2. The zero-order valence-electron chi connectivity index (χ0n) is 12.9. The Hall–Kier alpha value is -2.66. The van der Waals surface area contributed by atoms with E-state index in [9.17, 15) is 9.59 Å². The van der Waals surface area contributed by atoms with Crippen molar-refractivity contribution in [2.24, 2.45) is 0 Å². The third kappa shape index (κ3) is 1.90. The summed E-state index contributed by atoms with van der Waals surface area (Å²) in [5.74, 6) is -0.384. The van der Waals surface area contributed by atoms with Gasteiger partial charge in [-0.25, -0.2) is 0 Å². The van der Waals surface area contributed by atoms with Gasteiger partial charge in [-0.15, -0.1) is 0 Å². The highest BCUT2D eigenvalue weighted by atomic mass is 16.5. The number of hydrogen-bond acceptors (Lipinski definition) is 5. The molecular weight excluding hydrogens is 292 g/mol. The Kier molecular flexibility index (Phi) is 2.69. The number of carbonyl (C=O) groups is 2. The molecular formula is C18H16N2O3. The third-order valence-electron chi connectivity index (χ3n) is 4.32. The molecule has 0 saturated heterocycles. The molecule has 0 fully saturated rings. The molecule has 0 atom stereocenters. The van der Waals surface area contributed by atoms with Crippen LogP contribution in [-0.4, -0.2) is 17.3 Å². The molecule has 5 nitrogen and oxygen atoms in total. The van der Waals surface area contributed by atoms with Gasteiger partial charge in [0.25, 0.3) is 0 Å². The summed E-state index contributed by atoms with van der Waals surface area (Å²) < 4.78 is 5.71. The summed E-state index contributed by atoms with van der Waals surface area (Å²) in [6, 6.07) is 8.57. The molecule has 2 aliphatic rings. The highest BCUT2D eigenvalue weighted by Crippen LogP contribution is 2.41. The van der Waals surface area contributed by atoms with Gasteiger partial charge >= 0.3 is 0 Å². The number of fused-ring (bicyclic) bond motifs is 4. The SMILES string of the molecule is CC1(C)Nc2c(cc(N)c3c2C(=O)c2ccccc2C3=O)CO1. The molecule has 1 heterocycles. The van der Waals surface area contributed by atoms with Crippen molar-refractivity contribution in [3.05, 3.63) is 58.1 Å². The zero-order chi connectivity index (χ0) is 16.4. The van der Waals surface area contributed by atoms with Gasteiger partial charge in [-0.05, 0) is 19.9 Å². The maximum atomic E-state index is 13.0. The molecule has 116 valence electrons. The van der Waals surface area contributed by atoms with Gasteiger partial charge in [0.05, 0.1) is 23.4 Å². The third-order valence-corrected chi connectivity index (χ3v) is 4.32. The average molecular weight is 308 g/mol. The Balaban J connectivity index is 2.03. The number of nitrogen functional groups attached to an aromatic ring is 1. The van der Waals surface area contributed by atoms with E-state index in [4.69, 9.17) is 10.5 Å². The lowest BCUT2D eigenvalue weighted by Crippen LogP contribution is -2.39. The Morgan fingerprint density at radius 3 is 2.35 bits per heavy atom. The first-order valence-corrected chi connectivity index (χ1v) is 7.45. The molecule has 1 aliphatic carbocycles. The van der Waals surface area contributed by atoms with Gasteiger partial charge in [0, 0.05) is 22.4 Å². The van der Waals surface area contributed by atoms with E-state index in [-0.39, 0.29) is 17.1 Å². The van der Waals surface area contributed by atoms with Crippen molar-refractivity contribution >= 4 is 22.9 Å². The lowest BCUT2D eigenvalue weighted by atomic mass is 9.81. The van der Waals surface area contributed by atoms with E-state index < -0.39 is 5.72 Å². The predicted molar refractivity (Wildman–Crippen MR) is 86.7 cm³/mol. The standard InChI is InChI=1S/C18H16N2O3/c1-18(2)20-15-9(8-23-18)7-12(19)13-14(15)17(22)11-6-4-3-5-10(11)16(13)21/h3-7,20H,8,19H2,1-2H3. The first kappa shape index (κ1) is 14.0. The van der Waals surface area contributed by atoms with Gasteiger partial charge in [0.15, 0.2) is 11.6 Å². The normalized spacial score (nSPS) is 17.8. The maximum absolute atomic E-state index is 13.0. The minimum atomic E-state index is -0.614. The van der Waals surface area contributed by atoms with E-state index in [1.54, 1.807) is 30.3 Å². The summed E-state index contributed by atoms with van der Waals surface area (Å²) in [5.41, 5.74) is 8.71. The number of nitrogens with one attached hydrogen (secondary N) is 1. The van der Waals surface area contributed by atoms with Gasteiger partial charge in [0.2, 0.25) is 0 Å². The molecule has 1 aliphatic heterocycles. The Labute approximate surface area is 133 Å². The molecule has 2 aromatic carbocycles. The number of nitrogens with two attached hydrogens (primary N) is 1. The molecule has 4 rings (SSSR count). The fourth-order valence-electron chi connectivity index (χ4n) is 3.23. The summed E-state index contributed by atoms with van der Waals surface area (Å²) >= 11 is 0. The average Bonchev–Trinajstić information content (AvgIpc) is 2.52. The summed E-state index contributed by atoms with van der Waals surface area (Å²) in [6.45, 7) is 4.10. The Morgan fingerprint density at radius 1 is 1.09 bits per heavy atom. The quantitative estimate of drug-likeness (QED) is 0.624. The summed E-state index contributed by atoms with van der Waals surface area (Å²) in [4.78, 5) is 25.8. The molecule has 0 amide bonds. The number of ether oxygens (including phenoxy) is 1. The van der Waals surface area contributed by atoms with E-state index >= 15 is 0 Å². The lowest BCUT2D eigenvalue weighted by Gasteiger charge is -2.36. The van der Waals surface area contributed by atoms with Crippen LogP contribution < -0.4 is 11.1 Å². The highest BCUT2D eigenvalue weighted by Gasteiger charge is 2.37. The first-order valence-electron chi connectivity index (χ1n) is 7.45. The van der Waals surface area contributed by atoms with Crippen LogP contribution in [0.5, 0.6) is 0 Å². The summed E-state index contributed by atoms with van der Waals surface area (Å²) in [5, 5.41) is 3.22. The van der Waals surface area contributed by atoms with Crippen LogP contribution in [0.2, 0.25) is 0 Å². The molecule has 2 aromatic rings. The van der Waals surface area contributed by atoms with E-state index in [2.05, 4.69) is 5.32 Å². The van der Waals surface area contributed by atoms with Crippen molar-refractivity contribution in [1.82, 2.24) is 0 Å². The second kappa shape index (κ2) is 4.43. The van der Waals surface area contributed by atoms with Gasteiger partial charge in [-0.1, -0.05) is 24.3 Å². The van der Waals surface area contributed by atoms with Crippen molar-refractivity contribution in [3.8, 4) is 0 Å². The van der Waals surface area contributed by atoms with Crippen LogP contribution in [0.15, 0.2) is 30.3 Å². The van der Waals surface area contributed by atoms with E-state index in [1.807, 2.05) is 13.8 Å². The number of hydrogen-bond donors (Lipinski definition) is 2. The van der Waals surface area contributed by atoms with Crippen molar-refractivity contribution in [3.63, 3.8) is 0 Å². The van der Waals surface area contributed by atoms with Crippen LogP contribution in [0.25, 0.3) is 0 Å². The molecule has 0 aromatic heterocycles. The molecule has 23 heavy (non-hydrogen) atoms. The van der Waals surface area contributed by atoms with E-state index in [1.165, 1.54) is 0 Å². The highest BCUT2D eigenvalue weighted by molar-refractivity contribution is 6.32. The van der Waals surface area contributed by atoms with Crippen molar-refractivity contribution in [2.75, 3.05) is 11.1 Å². The van der Waals surface area contributed by atoms with Crippen LogP contribution in [0.3, 0.4) is 0 Å². The van der Waals surface area contributed by atoms with Crippen molar-refractivity contribution in [1.29, 1.82) is 0 Å². The molecule has 0 saturated carbocycles. The Morgan fingerprint density at radius 2 is 1.70 bits per heavy atom. The minimum absolute atomic E-state index is 0.177. The predicted octanol–water partition coefficient (Wildman–Crippen LogP) is 2.72. The van der Waals surface area contributed by atoms with Crippen LogP contribution in [-0.2, 0) is 11.3 Å². The van der Waals surface area contributed by atoms with Crippen molar-refractivity contribution in [2.45, 2.75) is 26.2 Å². The summed E-state index contributed by atoms with van der Waals surface area (Å²) in [6.07, 6.45) is 0. The van der Waals surface area contributed by atoms with Gasteiger partial charge < -0.3 is 15.8 Å². The largest absolute Gasteiger partial charge is 0.398 e. The minimum Gasteiger partial charge on any atom is -0.398 e. The lowest BCUT2D eigenvalue weighted by molar-refractivity contribution is -0.0154. The number of ketones is 2. The van der Waals surface area contributed by atoms with Gasteiger partial charge in [-0.2, -0.15) is 0 Å². The monoisotopic (exact) mass is 308 g/mol. The zero-order valence-corrected chi connectivity index (χ0v) is 12.9. The molecule has 3 N–H and O–H groups in total. The molecule has 0 bridgehead atoms. The van der Waals surface area contributed by atoms with Crippen molar-refractivity contribution < 1.29 is 14.3 Å². The smallest absolute Gasteiger partial charge is 0.196 e. The second-order valence-corrected chi connectivity index (χ2v) is 6.38. The van der Waals surface area contributed by atoms with Gasteiger partial charge in [0.1, 0.15) is 5.72 Å². The van der Waals surface area contributed by atoms with E-state index in [0.717, 1.165) is 5.56 Å². The maximum Gasteiger partial charge on any atom is 0.196 e. The summed E-state index contributed by atoms with van der Waals surface area (Å²) in [7, 11) is 0. The number of rotatable bonds is 0. The fourth-order valence-corrected chi connectivity index (χ4v) is 3.23. The molecule has 5 heteroatoms. The first-order chi connectivity index (χ1) is 10.9. The fraction of sp³-hybridized carbons (Fsp3) is 0.222. The molecule has 0 radical (unpaired) electrons. The van der Waals surface area contributed by atoms with Gasteiger partial charge in [-0.3, -0.25) is 9.59 Å². The number of carbonyl (C=O) groups excluding carboxylic acids is 2. The van der Waals surface area contributed by atoms with E-state index in [0.29, 0.717) is 34.7 Å².